The van der Waals surface area contributed by atoms with E-state index in [1.54, 1.807) is 6.20 Å². The number of hydrazine groups is 2. The number of ether oxygens (including phenoxy) is 1. The molecule has 0 saturated heterocycles. The van der Waals surface area contributed by atoms with E-state index < -0.39 is 9.84 Å². The molecule has 42 heavy (non-hydrogen) atoms. The SMILES string of the molecule is NCCCOc1ccc(CC(=O)NN2NC=C(CCS(=O)(=O)CCc3nnc(NC(=O)Cc4ccccc4)s3)S2)cc1. The molecule has 0 aliphatic carbocycles. The zero-order valence-corrected chi connectivity index (χ0v) is 25.3. The maximum absolute atomic E-state index is 12.6. The van der Waals surface area contributed by atoms with E-state index in [4.69, 9.17) is 10.5 Å². The molecule has 1 aromatic heterocycles. The molecule has 0 spiro atoms. The third-order valence-electron chi connectivity index (χ3n) is 5.89. The van der Waals surface area contributed by atoms with Crippen LogP contribution in [0.5, 0.6) is 5.75 Å². The van der Waals surface area contributed by atoms with E-state index in [9.17, 15) is 18.0 Å². The number of carbonyl (C=O) groups is 2. The molecule has 1 aliphatic heterocycles. The number of allylic oxidation sites excluding steroid dienone is 1. The van der Waals surface area contributed by atoms with Crippen molar-refractivity contribution < 1.29 is 22.7 Å². The predicted molar refractivity (Wildman–Crippen MR) is 164 cm³/mol. The van der Waals surface area contributed by atoms with E-state index in [0.717, 1.165) is 28.2 Å². The van der Waals surface area contributed by atoms with Crippen molar-refractivity contribution in [2.75, 3.05) is 30.0 Å². The molecule has 4 rings (SSSR count). The van der Waals surface area contributed by atoms with Crippen molar-refractivity contribution in [3.63, 3.8) is 0 Å². The average Bonchev–Trinajstić information content (AvgIpc) is 3.61. The summed E-state index contributed by atoms with van der Waals surface area (Å²) >= 11 is 2.39. The van der Waals surface area contributed by atoms with Crippen LogP contribution in [0.15, 0.2) is 65.7 Å². The van der Waals surface area contributed by atoms with E-state index in [0.29, 0.717) is 29.7 Å². The fourth-order valence-electron chi connectivity index (χ4n) is 3.74. The van der Waals surface area contributed by atoms with Gasteiger partial charge in [0.05, 0.1) is 31.0 Å². The molecule has 5 N–H and O–H groups in total. The van der Waals surface area contributed by atoms with Gasteiger partial charge in [0.25, 0.3) is 0 Å². The van der Waals surface area contributed by atoms with Gasteiger partial charge in [0, 0.05) is 17.5 Å². The number of hydrogen-bond acceptors (Lipinski definition) is 12. The van der Waals surface area contributed by atoms with Gasteiger partial charge >= 0.3 is 0 Å². The second kappa shape index (κ2) is 15.7. The second-order valence-corrected chi connectivity index (χ2v) is 13.8. The van der Waals surface area contributed by atoms with Gasteiger partial charge in [-0.05, 0) is 54.6 Å². The Morgan fingerprint density at radius 1 is 0.952 bits per heavy atom. The molecule has 0 radical (unpaired) electrons. The minimum atomic E-state index is -3.37. The molecular formula is C27H33N7O5S3. The summed E-state index contributed by atoms with van der Waals surface area (Å²) in [6.45, 7) is 1.12. The van der Waals surface area contributed by atoms with E-state index in [1.807, 2.05) is 54.6 Å². The van der Waals surface area contributed by atoms with Gasteiger partial charge in [-0.2, -0.15) is 0 Å². The Morgan fingerprint density at radius 2 is 1.67 bits per heavy atom. The number of benzene rings is 2. The van der Waals surface area contributed by atoms with Crippen molar-refractivity contribution in [1.29, 1.82) is 0 Å². The maximum atomic E-state index is 12.6. The maximum Gasteiger partial charge on any atom is 0.240 e. The first-order valence-corrected chi connectivity index (χ1v) is 16.7. The molecule has 3 aromatic rings. The number of rotatable bonds is 16. The molecule has 0 unspecified atom stereocenters. The van der Waals surface area contributed by atoms with Crippen molar-refractivity contribution in [2.24, 2.45) is 5.73 Å². The number of carbonyl (C=O) groups excluding carboxylic acids is 2. The van der Waals surface area contributed by atoms with Crippen LogP contribution in [-0.2, 0) is 38.7 Å². The van der Waals surface area contributed by atoms with Crippen LogP contribution in [-0.4, -0.2) is 59.6 Å². The van der Waals surface area contributed by atoms with Crippen LogP contribution < -0.4 is 26.6 Å². The zero-order chi connectivity index (χ0) is 29.8. The number of aryl methyl sites for hydroxylation is 1. The fourth-order valence-corrected chi connectivity index (χ4v) is 6.78. The predicted octanol–water partition coefficient (Wildman–Crippen LogP) is 2.38. The highest BCUT2D eigenvalue weighted by atomic mass is 32.2. The zero-order valence-electron chi connectivity index (χ0n) is 22.8. The summed E-state index contributed by atoms with van der Waals surface area (Å²) in [4.78, 5) is 25.4. The first-order valence-electron chi connectivity index (χ1n) is 13.3. The Labute approximate surface area is 253 Å². The van der Waals surface area contributed by atoms with Crippen molar-refractivity contribution >= 4 is 50.1 Å². The highest BCUT2D eigenvalue weighted by Crippen LogP contribution is 2.26. The first-order chi connectivity index (χ1) is 20.3. The van der Waals surface area contributed by atoms with Gasteiger partial charge in [0.15, 0.2) is 9.84 Å². The highest BCUT2D eigenvalue weighted by Gasteiger charge is 2.21. The largest absolute Gasteiger partial charge is 0.494 e. The lowest BCUT2D eigenvalue weighted by atomic mass is 10.1. The van der Waals surface area contributed by atoms with Gasteiger partial charge in [-0.25, -0.2) is 8.42 Å². The van der Waals surface area contributed by atoms with Gasteiger partial charge in [0.1, 0.15) is 10.8 Å². The molecular weight excluding hydrogens is 599 g/mol. The van der Waals surface area contributed by atoms with Crippen LogP contribution in [0.4, 0.5) is 5.13 Å². The lowest BCUT2D eigenvalue weighted by Gasteiger charge is -2.16. The summed E-state index contributed by atoms with van der Waals surface area (Å²) < 4.78 is 32.3. The van der Waals surface area contributed by atoms with Gasteiger partial charge in [-0.15, -0.1) is 10.2 Å². The summed E-state index contributed by atoms with van der Waals surface area (Å²) in [6, 6.07) is 16.6. The molecule has 0 bridgehead atoms. The Bertz CT molecular complexity index is 1460. The Balaban J connectivity index is 1.13. The Morgan fingerprint density at radius 3 is 2.43 bits per heavy atom. The van der Waals surface area contributed by atoms with Crippen molar-refractivity contribution in [2.45, 2.75) is 32.1 Å². The van der Waals surface area contributed by atoms with Crippen LogP contribution >= 0.6 is 23.3 Å². The first kappa shape index (κ1) is 31.4. The summed E-state index contributed by atoms with van der Waals surface area (Å²) in [5.74, 6) is 0.165. The number of amides is 2. The minimum Gasteiger partial charge on any atom is -0.494 e. The quantitative estimate of drug-likeness (QED) is 0.135. The third kappa shape index (κ3) is 10.7. The molecule has 1 aliphatic rings. The van der Waals surface area contributed by atoms with Crippen LogP contribution in [0, 0.1) is 0 Å². The lowest BCUT2D eigenvalue weighted by molar-refractivity contribution is -0.123. The van der Waals surface area contributed by atoms with Gasteiger partial charge in [-0.1, -0.05) is 58.3 Å². The highest BCUT2D eigenvalue weighted by molar-refractivity contribution is 8.01. The molecule has 2 heterocycles. The lowest BCUT2D eigenvalue weighted by Crippen LogP contribution is -2.42. The molecule has 2 aromatic carbocycles. The molecule has 0 fully saturated rings. The monoisotopic (exact) mass is 631 g/mol. The Kier molecular flexibility index (Phi) is 11.7. The molecule has 0 saturated carbocycles. The smallest absolute Gasteiger partial charge is 0.240 e. The van der Waals surface area contributed by atoms with E-state index in [2.05, 4.69) is 26.4 Å². The van der Waals surface area contributed by atoms with Crippen molar-refractivity contribution in [1.82, 2.24) is 25.6 Å². The average molecular weight is 632 g/mol. The normalized spacial score (nSPS) is 13.3. The van der Waals surface area contributed by atoms with Crippen LogP contribution in [0.3, 0.4) is 0 Å². The molecule has 12 nitrogen and oxygen atoms in total. The minimum absolute atomic E-state index is 0.0472. The van der Waals surface area contributed by atoms with Gasteiger partial charge < -0.3 is 15.8 Å². The van der Waals surface area contributed by atoms with Crippen LogP contribution in [0.1, 0.15) is 29.0 Å². The summed E-state index contributed by atoms with van der Waals surface area (Å²) in [6.07, 6.45) is 3.35. The van der Waals surface area contributed by atoms with E-state index >= 15 is 0 Å². The van der Waals surface area contributed by atoms with Crippen molar-refractivity contribution in [3.05, 3.63) is 81.8 Å². The second-order valence-electron chi connectivity index (χ2n) is 9.34. The summed E-state index contributed by atoms with van der Waals surface area (Å²) in [7, 11) is -3.37. The topological polar surface area (TPSA) is 169 Å². The van der Waals surface area contributed by atoms with Gasteiger partial charge in [-0.3, -0.25) is 20.4 Å². The summed E-state index contributed by atoms with van der Waals surface area (Å²) in [5, 5.41) is 11.5. The summed E-state index contributed by atoms with van der Waals surface area (Å²) in [5.41, 5.74) is 12.8. The molecule has 224 valence electrons. The van der Waals surface area contributed by atoms with Crippen LogP contribution in [0.25, 0.3) is 0 Å². The number of nitrogens with zero attached hydrogens (tertiary/aromatic N) is 3. The standard InChI is InChI=1S/C27H33N7O5S3/c28-13-4-14-39-22-9-7-21(8-10-22)18-25(36)33-34-29-19-23(41-34)11-15-42(37,38)16-12-26-31-32-27(40-26)30-24(35)17-20-5-2-1-3-6-20/h1-3,5-10,19,29H,4,11-18,28H2,(H,33,36)(H,30,32,35). The van der Waals surface area contributed by atoms with E-state index in [-0.39, 0.29) is 42.6 Å². The van der Waals surface area contributed by atoms with Crippen molar-refractivity contribution in [3.8, 4) is 5.75 Å². The number of nitrogens with two attached hydrogens (primary N) is 1. The number of aromatic nitrogens is 2. The third-order valence-corrected chi connectivity index (χ3v) is 9.38. The molecule has 15 heteroatoms. The van der Waals surface area contributed by atoms with E-state index in [1.165, 1.54) is 27.8 Å². The van der Waals surface area contributed by atoms with Gasteiger partial charge in [0.2, 0.25) is 16.9 Å². The molecule has 0 atom stereocenters. The number of anilines is 1. The van der Waals surface area contributed by atoms with Crippen LogP contribution in [0.2, 0.25) is 0 Å². The molecule has 2 amide bonds. The number of sulfone groups is 1. The number of hydrogen-bond donors (Lipinski definition) is 4. The number of nitrogens with one attached hydrogen (secondary N) is 3. The fraction of sp³-hybridized carbons (Fsp3) is 0.333. The Hall–Kier alpha value is -3.50.